The number of hydrogen-bond acceptors (Lipinski definition) is 5. The lowest BCUT2D eigenvalue weighted by Gasteiger charge is -2.12. The molecule has 0 atom stereocenters. The molecule has 0 saturated heterocycles. The van der Waals surface area contributed by atoms with Crippen LogP contribution < -0.4 is 9.46 Å². The second-order valence-corrected chi connectivity index (χ2v) is 7.66. The van der Waals surface area contributed by atoms with Crippen molar-refractivity contribution in [3.8, 4) is 17.0 Å². The van der Waals surface area contributed by atoms with E-state index in [0.29, 0.717) is 5.69 Å². The van der Waals surface area contributed by atoms with Crippen LogP contribution >= 0.6 is 11.3 Å². The van der Waals surface area contributed by atoms with Crippen molar-refractivity contribution in [1.29, 1.82) is 0 Å². The summed E-state index contributed by atoms with van der Waals surface area (Å²) in [5.74, 6) is -0.570. The standard InChI is InChI=1S/C17H15FN2O3S2/c1-23-15-5-4-14(18)9-16(15)25(21,22)20-10-12-3-2-7-19-17(12)13-6-8-24-11-13/h2-9,11,20H,10H2,1H3. The molecule has 0 aliphatic heterocycles. The predicted octanol–water partition coefficient (Wildman–Crippen LogP) is 3.44. The molecule has 0 amide bonds. The smallest absolute Gasteiger partial charge is 0.244 e. The maximum Gasteiger partial charge on any atom is 0.244 e. The molecule has 8 heteroatoms. The van der Waals surface area contributed by atoms with E-state index in [4.69, 9.17) is 4.74 Å². The Morgan fingerprint density at radius 3 is 2.84 bits per heavy atom. The third-order valence-electron chi connectivity index (χ3n) is 3.55. The number of sulfonamides is 1. The number of nitrogens with zero attached hydrogens (tertiary/aromatic N) is 1. The van der Waals surface area contributed by atoms with E-state index in [0.717, 1.165) is 23.3 Å². The first-order valence-corrected chi connectivity index (χ1v) is 9.73. The highest BCUT2D eigenvalue weighted by atomic mass is 32.2. The summed E-state index contributed by atoms with van der Waals surface area (Å²) in [6, 6.07) is 8.82. The number of thiophene rings is 1. The Kier molecular flexibility index (Phi) is 5.12. The molecule has 25 heavy (non-hydrogen) atoms. The lowest BCUT2D eigenvalue weighted by molar-refractivity contribution is 0.400. The molecule has 2 heterocycles. The molecule has 1 N–H and O–H groups in total. The van der Waals surface area contributed by atoms with Crippen LogP contribution in [0, 0.1) is 5.82 Å². The monoisotopic (exact) mass is 378 g/mol. The Balaban J connectivity index is 1.88. The number of ether oxygens (including phenoxy) is 1. The molecule has 0 aliphatic carbocycles. The minimum atomic E-state index is -3.95. The largest absolute Gasteiger partial charge is 0.495 e. The number of benzene rings is 1. The van der Waals surface area contributed by atoms with Crippen LogP contribution in [0.2, 0.25) is 0 Å². The van der Waals surface area contributed by atoms with Gasteiger partial charge in [-0.1, -0.05) is 6.07 Å². The summed E-state index contributed by atoms with van der Waals surface area (Å²) in [4.78, 5) is 4.09. The van der Waals surface area contributed by atoms with Gasteiger partial charge in [-0.25, -0.2) is 17.5 Å². The van der Waals surface area contributed by atoms with Crippen molar-refractivity contribution in [3.63, 3.8) is 0 Å². The summed E-state index contributed by atoms with van der Waals surface area (Å²) in [6.07, 6.45) is 1.65. The Morgan fingerprint density at radius 2 is 2.12 bits per heavy atom. The highest BCUT2D eigenvalue weighted by Crippen LogP contribution is 2.26. The number of halogens is 1. The first-order valence-electron chi connectivity index (χ1n) is 7.31. The van der Waals surface area contributed by atoms with Crippen LogP contribution in [-0.4, -0.2) is 20.5 Å². The summed E-state index contributed by atoms with van der Waals surface area (Å²) in [5.41, 5.74) is 2.35. The lowest BCUT2D eigenvalue weighted by atomic mass is 10.1. The van der Waals surface area contributed by atoms with Crippen molar-refractivity contribution in [1.82, 2.24) is 9.71 Å². The predicted molar refractivity (Wildman–Crippen MR) is 94.5 cm³/mol. The fourth-order valence-corrected chi connectivity index (χ4v) is 4.18. The Labute approximate surface area is 149 Å². The molecule has 0 bridgehead atoms. The molecule has 1 aromatic carbocycles. The van der Waals surface area contributed by atoms with Crippen molar-refractivity contribution >= 4 is 21.4 Å². The van der Waals surface area contributed by atoms with Crippen molar-refractivity contribution in [3.05, 3.63) is 64.7 Å². The van der Waals surface area contributed by atoms with E-state index >= 15 is 0 Å². The van der Waals surface area contributed by atoms with Gasteiger partial charge in [-0.3, -0.25) is 4.98 Å². The first kappa shape index (κ1) is 17.5. The number of rotatable bonds is 6. The molecule has 0 unspecified atom stereocenters. The highest BCUT2D eigenvalue weighted by molar-refractivity contribution is 7.89. The maximum atomic E-state index is 13.5. The van der Waals surface area contributed by atoms with Gasteiger partial charge < -0.3 is 4.74 Å². The van der Waals surface area contributed by atoms with E-state index in [-0.39, 0.29) is 17.2 Å². The first-order chi connectivity index (χ1) is 12.0. The van der Waals surface area contributed by atoms with Gasteiger partial charge in [-0.15, -0.1) is 0 Å². The van der Waals surface area contributed by atoms with Gasteiger partial charge in [0.1, 0.15) is 16.5 Å². The molecule has 3 aromatic rings. The van der Waals surface area contributed by atoms with Gasteiger partial charge >= 0.3 is 0 Å². The van der Waals surface area contributed by atoms with Crippen LogP contribution in [-0.2, 0) is 16.6 Å². The van der Waals surface area contributed by atoms with Gasteiger partial charge in [0.2, 0.25) is 10.0 Å². The molecule has 3 rings (SSSR count). The van der Waals surface area contributed by atoms with Crippen molar-refractivity contribution in [2.45, 2.75) is 11.4 Å². The normalized spacial score (nSPS) is 11.4. The molecule has 5 nitrogen and oxygen atoms in total. The minimum Gasteiger partial charge on any atom is -0.495 e. The van der Waals surface area contributed by atoms with Crippen LogP contribution in [0.1, 0.15) is 5.56 Å². The van der Waals surface area contributed by atoms with Gasteiger partial charge in [-0.2, -0.15) is 11.3 Å². The van der Waals surface area contributed by atoms with Crippen LogP contribution in [0.25, 0.3) is 11.3 Å². The number of nitrogens with one attached hydrogen (secondary N) is 1. The molecule has 0 radical (unpaired) electrons. The van der Waals surface area contributed by atoms with Crippen LogP contribution in [0.15, 0.2) is 58.3 Å². The van der Waals surface area contributed by atoms with E-state index in [1.54, 1.807) is 18.3 Å². The van der Waals surface area contributed by atoms with Crippen LogP contribution in [0.5, 0.6) is 5.75 Å². The fourth-order valence-electron chi connectivity index (χ4n) is 2.35. The van der Waals surface area contributed by atoms with Gasteiger partial charge in [0, 0.05) is 23.7 Å². The zero-order chi connectivity index (χ0) is 17.9. The third-order valence-corrected chi connectivity index (χ3v) is 5.66. The van der Waals surface area contributed by atoms with Gasteiger partial charge in [0.25, 0.3) is 0 Å². The zero-order valence-electron chi connectivity index (χ0n) is 13.3. The van der Waals surface area contributed by atoms with Crippen molar-refractivity contribution < 1.29 is 17.5 Å². The van der Waals surface area contributed by atoms with Gasteiger partial charge in [0.05, 0.1) is 12.8 Å². The second kappa shape index (κ2) is 7.30. The van der Waals surface area contributed by atoms with Crippen LogP contribution in [0.3, 0.4) is 0 Å². The number of hydrogen-bond donors (Lipinski definition) is 1. The van der Waals surface area contributed by atoms with E-state index in [9.17, 15) is 12.8 Å². The Bertz CT molecular complexity index is 973. The summed E-state index contributed by atoms with van der Waals surface area (Å²) in [6.45, 7) is 0.0288. The minimum absolute atomic E-state index is 0.0288. The number of methoxy groups -OCH3 is 1. The van der Waals surface area contributed by atoms with E-state index in [1.165, 1.54) is 24.5 Å². The second-order valence-electron chi connectivity index (χ2n) is 5.14. The zero-order valence-corrected chi connectivity index (χ0v) is 14.9. The summed E-state index contributed by atoms with van der Waals surface area (Å²) in [7, 11) is -2.61. The summed E-state index contributed by atoms with van der Waals surface area (Å²) in [5, 5.41) is 3.87. The molecule has 2 aromatic heterocycles. The Morgan fingerprint density at radius 1 is 1.28 bits per heavy atom. The third kappa shape index (κ3) is 3.87. The summed E-state index contributed by atoms with van der Waals surface area (Å²) >= 11 is 1.53. The van der Waals surface area contributed by atoms with Crippen molar-refractivity contribution in [2.24, 2.45) is 0 Å². The van der Waals surface area contributed by atoms with E-state index in [2.05, 4.69) is 9.71 Å². The van der Waals surface area contributed by atoms with E-state index in [1.807, 2.05) is 16.8 Å². The van der Waals surface area contributed by atoms with Gasteiger partial charge in [-0.05, 0) is 41.3 Å². The molecule has 0 aliphatic rings. The molecule has 0 spiro atoms. The fraction of sp³-hybridized carbons (Fsp3) is 0.118. The van der Waals surface area contributed by atoms with Crippen LogP contribution in [0.4, 0.5) is 4.39 Å². The number of aromatic nitrogens is 1. The highest BCUT2D eigenvalue weighted by Gasteiger charge is 2.21. The lowest BCUT2D eigenvalue weighted by Crippen LogP contribution is -2.24. The average molecular weight is 378 g/mol. The molecular weight excluding hydrogens is 363 g/mol. The topological polar surface area (TPSA) is 68.3 Å². The number of pyridine rings is 1. The molecule has 130 valence electrons. The summed E-state index contributed by atoms with van der Waals surface area (Å²) < 4.78 is 46.1. The quantitative estimate of drug-likeness (QED) is 0.713. The van der Waals surface area contributed by atoms with Crippen molar-refractivity contribution in [2.75, 3.05) is 7.11 Å². The Hall–Kier alpha value is -2.29. The molecular formula is C17H15FN2O3S2. The average Bonchev–Trinajstić information content (AvgIpc) is 3.15. The SMILES string of the molecule is COc1ccc(F)cc1S(=O)(=O)NCc1cccnc1-c1ccsc1. The maximum absolute atomic E-state index is 13.5. The van der Waals surface area contributed by atoms with Gasteiger partial charge in [0.15, 0.2) is 0 Å². The van der Waals surface area contributed by atoms with E-state index < -0.39 is 15.8 Å². The molecule has 0 saturated carbocycles. The molecule has 0 fully saturated rings.